The second-order valence-electron chi connectivity index (χ2n) is 11.1. The van der Waals surface area contributed by atoms with E-state index in [1.807, 2.05) is 31.2 Å². The molecule has 10 nitrogen and oxygen atoms in total. The first kappa shape index (κ1) is 28.2. The molecular weight excluding hydrogens is 550 g/mol. The minimum Gasteiger partial charge on any atom is -0.496 e. The molecular formula is C33H31N3O7. The quantitative estimate of drug-likeness (QED) is 0.208. The molecule has 3 N–H and O–H groups in total. The van der Waals surface area contributed by atoms with Crippen molar-refractivity contribution >= 4 is 40.2 Å². The number of fused-ring (bicyclic) bond motifs is 2. The number of carbonyl (C=O) groups excluding carboxylic acids is 3. The first-order valence-electron chi connectivity index (χ1n) is 13.9. The molecule has 220 valence electrons. The van der Waals surface area contributed by atoms with Gasteiger partial charge in [0.15, 0.2) is 5.78 Å². The van der Waals surface area contributed by atoms with Gasteiger partial charge in [0.2, 0.25) is 11.8 Å². The van der Waals surface area contributed by atoms with Crippen molar-refractivity contribution in [3.63, 3.8) is 0 Å². The summed E-state index contributed by atoms with van der Waals surface area (Å²) in [5.41, 5.74) is 1.63. The zero-order valence-corrected chi connectivity index (χ0v) is 24.1. The van der Waals surface area contributed by atoms with Gasteiger partial charge in [-0.2, -0.15) is 0 Å². The van der Waals surface area contributed by atoms with Crippen LogP contribution < -0.4 is 19.7 Å². The van der Waals surface area contributed by atoms with Gasteiger partial charge < -0.3 is 19.6 Å². The highest BCUT2D eigenvalue weighted by Crippen LogP contribution is 2.53. The van der Waals surface area contributed by atoms with Crippen LogP contribution in [0.1, 0.15) is 40.0 Å². The van der Waals surface area contributed by atoms with Gasteiger partial charge in [-0.05, 0) is 55.8 Å². The van der Waals surface area contributed by atoms with E-state index >= 15 is 0 Å². The van der Waals surface area contributed by atoms with Crippen molar-refractivity contribution in [3.05, 3.63) is 89.1 Å². The Morgan fingerprint density at radius 3 is 2.35 bits per heavy atom. The van der Waals surface area contributed by atoms with Crippen molar-refractivity contribution in [2.24, 2.45) is 11.8 Å². The maximum atomic E-state index is 14.3. The Kier molecular flexibility index (Phi) is 6.81. The lowest BCUT2D eigenvalue weighted by Gasteiger charge is -2.31. The van der Waals surface area contributed by atoms with Crippen molar-refractivity contribution in [1.29, 1.82) is 0 Å². The van der Waals surface area contributed by atoms with E-state index in [9.17, 15) is 24.3 Å². The minimum atomic E-state index is -1.83. The van der Waals surface area contributed by atoms with Gasteiger partial charge >= 0.3 is 5.97 Å². The van der Waals surface area contributed by atoms with E-state index in [1.54, 1.807) is 30.5 Å². The summed E-state index contributed by atoms with van der Waals surface area (Å²) in [4.78, 5) is 58.1. The summed E-state index contributed by atoms with van der Waals surface area (Å²) in [5, 5.41) is 15.0. The summed E-state index contributed by atoms with van der Waals surface area (Å²) < 4.78 is 11.2. The number of methoxy groups -OCH3 is 2. The Labute approximate surface area is 247 Å². The summed E-state index contributed by atoms with van der Waals surface area (Å²) in [6.07, 6.45) is 1.69. The molecule has 3 heterocycles. The number of aromatic amines is 1. The molecule has 1 aromatic heterocycles. The van der Waals surface area contributed by atoms with Crippen molar-refractivity contribution in [3.8, 4) is 11.5 Å². The number of carboxylic acid groups (broad SMARTS) is 1. The maximum Gasteiger partial charge on any atom is 0.325 e. The predicted molar refractivity (Wildman–Crippen MR) is 158 cm³/mol. The van der Waals surface area contributed by atoms with Crippen molar-refractivity contribution in [2.45, 2.75) is 31.8 Å². The van der Waals surface area contributed by atoms with E-state index in [0.717, 1.165) is 15.8 Å². The number of amides is 2. The van der Waals surface area contributed by atoms with Gasteiger partial charge in [-0.1, -0.05) is 24.3 Å². The summed E-state index contributed by atoms with van der Waals surface area (Å²) >= 11 is 0. The number of ketones is 1. The number of para-hydroxylation sites is 1. The molecule has 10 heteroatoms. The molecule has 43 heavy (non-hydrogen) atoms. The number of carbonyl (C=O) groups is 4. The van der Waals surface area contributed by atoms with Gasteiger partial charge in [0.25, 0.3) is 0 Å². The molecule has 2 aliphatic heterocycles. The van der Waals surface area contributed by atoms with E-state index in [-0.39, 0.29) is 17.9 Å². The molecule has 3 aromatic carbocycles. The van der Waals surface area contributed by atoms with Gasteiger partial charge in [-0.3, -0.25) is 24.5 Å². The van der Waals surface area contributed by atoms with Crippen LogP contribution in [0.25, 0.3) is 10.9 Å². The van der Waals surface area contributed by atoms with Crippen LogP contribution in [0.4, 0.5) is 5.69 Å². The highest BCUT2D eigenvalue weighted by Gasteiger charge is 2.69. The Morgan fingerprint density at radius 1 is 0.977 bits per heavy atom. The van der Waals surface area contributed by atoms with Crippen LogP contribution in [0.15, 0.2) is 66.9 Å². The number of aliphatic carboxylic acids is 1. The number of rotatable bonds is 8. The molecule has 0 spiro atoms. The second-order valence-corrected chi connectivity index (χ2v) is 11.1. The number of nitrogens with one attached hydrogen (secondary N) is 2. The molecule has 0 bridgehead atoms. The minimum absolute atomic E-state index is 0.0579. The molecule has 2 aliphatic rings. The maximum absolute atomic E-state index is 14.3. The van der Waals surface area contributed by atoms with Crippen molar-refractivity contribution in [2.75, 3.05) is 19.1 Å². The summed E-state index contributed by atoms with van der Waals surface area (Å²) in [5.74, 6) is -3.83. The third kappa shape index (κ3) is 4.20. The first-order valence-corrected chi connectivity index (χ1v) is 13.9. The number of benzene rings is 3. The monoisotopic (exact) mass is 581 g/mol. The van der Waals surface area contributed by atoms with Gasteiger partial charge in [0.05, 0.1) is 31.7 Å². The topological polar surface area (TPSA) is 138 Å². The SMILES string of the molecule is COc1ccc(C2NC(Cc3c[nH]c4ccccc34)(C(=O)O)C3C(=O)N(c4ccc(C(C)=O)cc4)C(=O)C23)c(OC)c1C. The third-order valence-corrected chi connectivity index (χ3v) is 8.86. The van der Waals surface area contributed by atoms with Crippen LogP contribution in [-0.4, -0.2) is 53.4 Å². The highest BCUT2D eigenvalue weighted by molar-refractivity contribution is 6.24. The van der Waals surface area contributed by atoms with Gasteiger partial charge in [-0.25, -0.2) is 4.90 Å². The molecule has 0 radical (unpaired) electrons. The van der Waals surface area contributed by atoms with E-state index in [4.69, 9.17) is 9.47 Å². The summed E-state index contributed by atoms with van der Waals surface area (Å²) in [7, 11) is 3.04. The van der Waals surface area contributed by atoms with Gasteiger partial charge in [-0.15, -0.1) is 0 Å². The predicted octanol–water partition coefficient (Wildman–Crippen LogP) is 4.21. The fraction of sp³-hybridized carbons (Fsp3) is 0.273. The van der Waals surface area contributed by atoms with E-state index in [0.29, 0.717) is 33.8 Å². The number of anilines is 1. The second kappa shape index (κ2) is 10.4. The van der Waals surface area contributed by atoms with Crippen LogP contribution in [-0.2, 0) is 20.8 Å². The lowest BCUT2D eigenvalue weighted by molar-refractivity contribution is -0.148. The van der Waals surface area contributed by atoms with Crippen molar-refractivity contribution < 1.29 is 33.8 Å². The number of aromatic nitrogens is 1. The molecule has 4 atom stereocenters. The molecule has 2 saturated heterocycles. The van der Waals surface area contributed by atoms with Crippen LogP contribution in [0.3, 0.4) is 0 Å². The fourth-order valence-electron chi connectivity index (χ4n) is 6.81. The third-order valence-electron chi connectivity index (χ3n) is 8.86. The van der Waals surface area contributed by atoms with Crippen molar-refractivity contribution in [1.82, 2.24) is 10.3 Å². The van der Waals surface area contributed by atoms with E-state index in [1.165, 1.54) is 33.3 Å². The fourth-order valence-corrected chi connectivity index (χ4v) is 6.81. The highest BCUT2D eigenvalue weighted by atomic mass is 16.5. The summed E-state index contributed by atoms with van der Waals surface area (Å²) in [6.45, 7) is 3.24. The zero-order chi connectivity index (χ0) is 30.6. The number of hydrogen-bond donors (Lipinski definition) is 3. The van der Waals surface area contributed by atoms with E-state index in [2.05, 4.69) is 10.3 Å². The molecule has 4 aromatic rings. The zero-order valence-electron chi connectivity index (χ0n) is 24.1. The number of Topliss-reactive ketones (excluding diaryl/α,β-unsaturated/α-hetero) is 1. The molecule has 0 aliphatic carbocycles. The van der Waals surface area contributed by atoms with Gasteiger partial charge in [0, 0.05) is 46.3 Å². The van der Waals surface area contributed by atoms with Crippen LogP contribution in [0.2, 0.25) is 0 Å². The van der Waals surface area contributed by atoms with E-state index < -0.39 is 41.2 Å². The number of hydrogen-bond acceptors (Lipinski definition) is 7. The van der Waals surface area contributed by atoms with Crippen LogP contribution in [0, 0.1) is 18.8 Å². The number of ether oxygens (including phenoxy) is 2. The summed E-state index contributed by atoms with van der Waals surface area (Å²) in [6, 6.07) is 16.3. The molecule has 2 fully saturated rings. The standard InChI is InChI=1S/C33H31N3O7/c1-17-25(42-3)14-13-23(29(17)43-4)28-26-27(31(39)36(30(26)38)21-11-9-19(10-12-21)18(2)37)33(35-28,32(40)41)15-20-16-34-24-8-6-5-7-22(20)24/h5-14,16,26-28,34-35H,15H2,1-4H3,(H,40,41). The number of nitrogens with zero attached hydrogens (tertiary/aromatic N) is 1. The lowest BCUT2D eigenvalue weighted by Crippen LogP contribution is -2.57. The normalized spacial score (nSPS) is 23.1. The van der Waals surface area contributed by atoms with Gasteiger partial charge in [0.1, 0.15) is 17.0 Å². The number of imide groups is 1. The molecule has 4 unspecified atom stereocenters. The Balaban J connectivity index is 1.53. The number of H-pyrrole nitrogens is 1. The average Bonchev–Trinajstić information content (AvgIpc) is 3.64. The smallest absolute Gasteiger partial charge is 0.325 e. The number of carboxylic acids is 1. The average molecular weight is 582 g/mol. The lowest BCUT2D eigenvalue weighted by atomic mass is 9.76. The Morgan fingerprint density at radius 2 is 1.70 bits per heavy atom. The molecule has 2 amide bonds. The first-order chi connectivity index (χ1) is 20.6. The largest absolute Gasteiger partial charge is 0.496 e. The van der Waals surface area contributed by atoms with Crippen LogP contribution >= 0.6 is 0 Å². The molecule has 0 saturated carbocycles. The Hall–Kier alpha value is -4.96. The Bertz CT molecular complexity index is 1790. The molecule has 6 rings (SSSR count). The van der Waals surface area contributed by atoms with Crippen LogP contribution in [0.5, 0.6) is 11.5 Å².